The Kier molecular flexibility index (Phi) is 4.11. The van der Waals surface area contributed by atoms with E-state index >= 15 is 0 Å². The first-order chi connectivity index (χ1) is 9.90. The smallest absolute Gasteiger partial charge is 0.185 e. The zero-order valence-electron chi connectivity index (χ0n) is 11.7. The minimum absolute atomic E-state index is 0.0841. The Morgan fingerprint density at radius 3 is 2.62 bits per heavy atom. The Morgan fingerprint density at radius 2 is 2.00 bits per heavy atom. The second kappa shape index (κ2) is 5.82. The molecule has 0 radical (unpaired) electrons. The summed E-state index contributed by atoms with van der Waals surface area (Å²) in [7, 11) is 0. The van der Waals surface area contributed by atoms with Crippen molar-refractivity contribution in [3.05, 3.63) is 47.8 Å². The number of halogens is 2. The monoisotopic (exact) mass is 294 g/mol. The minimum Gasteiger partial charge on any atom is -0.477 e. The second-order valence-electron chi connectivity index (χ2n) is 4.70. The average Bonchev–Trinajstić information content (AvgIpc) is 2.78. The van der Waals surface area contributed by atoms with E-state index in [0.29, 0.717) is 22.4 Å². The highest BCUT2D eigenvalue weighted by atomic mass is 19.2. The number of nitrogens with two attached hydrogens (primary N) is 2. The van der Waals surface area contributed by atoms with Gasteiger partial charge in [-0.25, -0.2) is 13.8 Å². The summed E-state index contributed by atoms with van der Waals surface area (Å²) in [5.74, 6) is -1.40. The summed E-state index contributed by atoms with van der Waals surface area (Å²) in [5, 5.41) is 0. The number of rotatable bonds is 4. The standard InChI is InChI=1S/C14H16F2N4O/c1-7(2)21-13(18)3-8(6-17)14-19-11-4-9(15)10(16)5-12(11)20-14/h3-7H,17-18H2,1-2H3,(H,19,20)/b8-6+,13-3+. The summed E-state index contributed by atoms with van der Waals surface area (Å²) in [6, 6.07) is 2.05. The average molecular weight is 294 g/mol. The lowest BCUT2D eigenvalue weighted by Gasteiger charge is -2.09. The Balaban J connectivity index is 2.39. The molecule has 0 fully saturated rings. The third-order valence-corrected chi connectivity index (χ3v) is 2.65. The van der Waals surface area contributed by atoms with E-state index in [-0.39, 0.29) is 12.0 Å². The molecule has 0 spiro atoms. The van der Waals surface area contributed by atoms with Crippen molar-refractivity contribution in [2.24, 2.45) is 11.5 Å². The predicted molar refractivity (Wildman–Crippen MR) is 76.7 cm³/mol. The first-order valence-electron chi connectivity index (χ1n) is 6.31. The molecular formula is C14H16F2N4O. The fourth-order valence-electron chi connectivity index (χ4n) is 1.80. The van der Waals surface area contributed by atoms with E-state index < -0.39 is 11.6 Å². The molecule has 2 rings (SSSR count). The molecule has 0 bridgehead atoms. The summed E-state index contributed by atoms with van der Waals surface area (Å²) in [6.45, 7) is 3.67. The molecule has 0 saturated heterocycles. The fourth-order valence-corrected chi connectivity index (χ4v) is 1.80. The first kappa shape index (κ1) is 14.8. The van der Waals surface area contributed by atoms with Crippen LogP contribution in [0.5, 0.6) is 0 Å². The van der Waals surface area contributed by atoms with E-state index in [1.807, 2.05) is 13.8 Å². The van der Waals surface area contributed by atoms with Gasteiger partial charge < -0.3 is 21.2 Å². The quantitative estimate of drug-likeness (QED) is 0.596. The number of nitrogens with zero attached hydrogens (tertiary/aromatic N) is 1. The van der Waals surface area contributed by atoms with Gasteiger partial charge in [0.1, 0.15) is 5.82 Å². The van der Waals surface area contributed by atoms with Crippen molar-refractivity contribution in [2.75, 3.05) is 0 Å². The van der Waals surface area contributed by atoms with Crippen molar-refractivity contribution in [1.29, 1.82) is 0 Å². The number of nitrogens with one attached hydrogen (secondary N) is 1. The highest BCUT2D eigenvalue weighted by Crippen LogP contribution is 2.20. The van der Waals surface area contributed by atoms with Gasteiger partial charge in [0, 0.05) is 30.0 Å². The van der Waals surface area contributed by atoms with Crippen LogP contribution in [0.1, 0.15) is 19.7 Å². The van der Waals surface area contributed by atoms with Crippen LogP contribution in [-0.4, -0.2) is 16.1 Å². The number of hydrogen-bond donors (Lipinski definition) is 3. The number of hydrogen-bond acceptors (Lipinski definition) is 4. The van der Waals surface area contributed by atoms with E-state index in [1.54, 1.807) is 0 Å². The molecule has 0 saturated carbocycles. The third kappa shape index (κ3) is 3.31. The zero-order chi connectivity index (χ0) is 15.6. The van der Waals surface area contributed by atoms with Crippen molar-refractivity contribution >= 4 is 16.6 Å². The SMILES string of the molecule is CC(C)O/C(N)=C/C(=C\N)c1nc2cc(F)c(F)cc2[nH]1. The van der Waals surface area contributed by atoms with Crippen LogP contribution >= 0.6 is 0 Å². The minimum atomic E-state index is -0.961. The Hall–Kier alpha value is -2.57. The molecule has 5 nitrogen and oxygen atoms in total. The molecule has 0 amide bonds. The number of H-pyrrole nitrogens is 1. The lowest BCUT2D eigenvalue weighted by atomic mass is 10.2. The van der Waals surface area contributed by atoms with Gasteiger partial charge in [-0.05, 0) is 13.8 Å². The van der Waals surface area contributed by atoms with Crippen molar-refractivity contribution in [3.63, 3.8) is 0 Å². The van der Waals surface area contributed by atoms with Crippen molar-refractivity contribution in [1.82, 2.24) is 9.97 Å². The predicted octanol–water partition coefficient (Wildman–Crippen LogP) is 2.37. The Bertz CT molecular complexity index is 680. The number of ether oxygens (including phenoxy) is 1. The van der Waals surface area contributed by atoms with Gasteiger partial charge in [0.2, 0.25) is 0 Å². The maximum atomic E-state index is 13.2. The van der Waals surface area contributed by atoms with Crippen molar-refractivity contribution in [3.8, 4) is 0 Å². The normalized spacial score (nSPS) is 13.2. The van der Waals surface area contributed by atoms with Gasteiger partial charge in [-0.1, -0.05) is 0 Å². The lowest BCUT2D eigenvalue weighted by molar-refractivity contribution is 0.145. The van der Waals surface area contributed by atoms with Crippen LogP contribution in [0.2, 0.25) is 0 Å². The Morgan fingerprint density at radius 1 is 1.33 bits per heavy atom. The maximum Gasteiger partial charge on any atom is 0.185 e. The van der Waals surface area contributed by atoms with Crippen molar-refractivity contribution in [2.45, 2.75) is 20.0 Å². The molecule has 2 aromatic rings. The van der Waals surface area contributed by atoms with Gasteiger partial charge in [-0.3, -0.25) is 0 Å². The van der Waals surface area contributed by atoms with Gasteiger partial charge >= 0.3 is 0 Å². The summed E-state index contributed by atoms with van der Waals surface area (Å²) >= 11 is 0. The van der Waals surface area contributed by atoms with Crippen molar-refractivity contribution < 1.29 is 13.5 Å². The van der Waals surface area contributed by atoms with Crippen LogP contribution in [0.15, 0.2) is 30.3 Å². The molecule has 0 aliphatic heterocycles. The topological polar surface area (TPSA) is 89.9 Å². The molecule has 0 unspecified atom stereocenters. The number of imidazole rings is 1. The fraction of sp³-hybridized carbons (Fsp3) is 0.214. The molecule has 0 atom stereocenters. The molecule has 1 heterocycles. The number of fused-ring (bicyclic) bond motifs is 1. The van der Waals surface area contributed by atoms with E-state index in [0.717, 1.165) is 12.1 Å². The maximum absolute atomic E-state index is 13.2. The lowest BCUT2D eigenvalue weighted by Crippen LogP contribution is -2.09. The highest BCUT2D eigenvalue weighted by molar-refractivity contribution is 5.81. The zero-order valence-corrected chi connectivity index (χ0v) is 11.7. The summed E-state index contributed by atoms with van der Waals surface area (Å²) in [6.07, 6.45) is 2.69. The molecule has 1 aromatic carbocycles. The summed E-state index contributed by atoms with van der Waals surface area (Å²) in [5.41, 5.74) is 12.4. The molecule has 0 aliphatic carbocycles. The van der Waals surface area contributed by atoms with Crippen LogP contribution in [0.3, 0.4) is 0 Å². The molecular weight excluding hydrogens is 278 g/mol. The molecule has 5 N–H and O–H groups in total. The van der Waals surface area contributed by atoms with Gasteiger partial charge in [0.15, 0.2) is 17.5 Å². The summed E-state index contributed by atoms with van der Waals surface area (Å²) in [4.78, 5) is 7.00. The van der Waals surface area contributed by atoms with Crippen LogP contribution in [0, 0.1) is 11.6 Å². The third-order valence-electron chi connectivity index (χ3n) is 2.65. The van der Waals surface area contributed by atoms with E-state index in [2.05, 4.69) is 9.97 Å². The first-order valence-corrected chi connectivity index (χ1v) is 6.31. The molecule has 7 heteroatoms. The second-order valence-corrected chi connectivity index (χ2v) is 4.70. The van der Waals surface area contributed by atoms with E-state index in [1.165, 1.54) is 12.3 Å². The van der Waals surface area contributed by atoms with Gasteiger partial charge in [-0.15, -0.1) is 0 Å². The molecule has 112 valence electrons. The van der Waals surface area contributed by atoms with Crippen LogP contribution in [-0.2, 0) is 4.74 Å². The number of benzene rings is 1. The largest absolute Gasteiger partial charge is 0.477 e. The number of allylic oxidation sites excluding steroid dienone is 2. The van der Waals surface area contributed by atoms with Gasteiger partial charge in [0.05, 0.1) is 17.1 Å². The van der Waals surface area contributed by atoms with Crippen LogP contribution in [0.25, 0.3) is 16.6 Å². The Labute approximate surface area is 120 Å². The van der Waals surface area contributed by atoms with E-state index in [4.69, 9.17) is 16.2 Å². The van der Waals surface area contributed by atoms with Crippen LogP contribution in [0.4, 0.5) is 8.78 Å². The molecule has 1 aromatic heterocycles. The van der Waals surface area contributed by atoms with E-state index in [9.17, 15) is 8.78 Å². The highest BCUT2D eigenvalue weighted by Gasteiger charge is 2.11. The number of aromatic nitrogens is 2. The number of aromatic amines is 1. The van der Waals surface area contributed by atoms with Gasteiger partial charge in [0.25, 0.3) is 0 Å². The molecule has 0 aliphatic rings. The summed E-state index contributed by atoms with van der Waals surface area (Å²) < 4.78 is 31.7. The molecule has 21 heavy (non-hydrogen) atoms. The van der Waals surface area contributed by atoms with Gasteiger partial charge in [-0.2, -0.15) is 0 Å². The van der Waals surface area contributed by atoms with Crippen LogP contribution < -0.4 is 11.5 Å².